The average molecular weight is 313 g/mol. The minimum absolute atomic E-state index is 0.157. The maximum absolute atomic E-state index is 7.63. The Morgan fingerprint density at radius 2 is 2.00 bits per heavy atom. The van der Waals surface area contributed by atoms with Crippen LogP contribution in [0.2, 0.25) is 0 Å². The van der Waals surface area contributed by atoms with Crippen molar-refractivity contribution in [3.8, 4) is 0 Å². The van der Waals surface area contributed by atoms with Crippen molar-refractivity contribution in [2.75, 3.05) is 0 Å². The third-order valence-electron chi connectivity index (χ3n) is 3.08. The minimum atomic E-state index is 0.157. The lowest BCUT2D eigenvalue weighted by Gasteiger charge is -2.22. The molecule has 17 heavy (non-hydrogen) atoms. The molecule has 0 heterocycles. The lowest BCUT2D eigenvalue weighted by Crippen LogP contribution is -2.14. The highest BCUT2D eigenvalue weighted by Gasteiger charge is 2.17. The molecule has 0 bridgehead atoms. The second kappa shape index (κ2) is 5.91. The molecule has 1 aromatic carbocycles. The van der Waals surface area contributed by atoms with Crippen LogP contribution in [0.25, 0.3) is 0 Å². The van der Waals surface area contributed by atoms with E-state index in [1.165, 1.54) is 32.1 Å². The van der Waals surface area contributed by atoms with Crippen LogP contribution >= 0.6 is 27.7 Å². The van der Waals surface area contributed by atoms with Gasteiger partial charge in [0.1, 0.15) is 5.84 Å². The summed E-state index contributed by atoms with van der Waals surface area (Å²) in [5.74, 6) is 0.157. The van der Waals surface area contributed by atoms with Crippen molar-refractivity contribution in [3.63, 3.8) is 0 Å². The summed E-state index contributed by atoms with van der Waals surface area (Å²) in [6.07, 6.45) is 6.63. The molecule has 3 N–H and O–H groups in total. The lowest BCUT2D eigenvalue weighted by molar-refractivity contribution is 0.516. The number of hydrogen-bond acceptors (Lipinski definition) is 2. The highest BCUT2D eigenvalue weighted by molar-refractivity contribution is 9.10. The Balaban J connectivity index is 2.16. The summed E-state index contributed by atoms with van der Waals surface area (Å²) < 4.78 is 0.982. The van der Waals surface area contributed by atoms with Crippen LogP contribution in [0.3, 0.4) is 0 Å². The van der Waals surface area contributed by atoms with Crippen LogP contribution in [-0.2, 0) is 0 Å². The maximum Gasteiger partial charge on any atom is 0.123 e. The highest BCUT2D eigenvalue weighted by atomic mass is 79.9. The van der Waals surface area contributed by atoms with Crippen molar-refractivity contribution in [3.05, 3.63) is 28.2 Å². The Hall–Kier alpha value is -0.480. The number of nitrogen functional groups attached to an aromatic ring is 1. The van der Waals surface area contributed by atoms with Gasteiger partial charge in [-0.15, -0.1) is 11.8 Å². The van der Waals surface area contributed by atoms with Crippen LogP contribution in [0, 0.1) is 5.41 Å². The van der Waals surface area contributed by atoms with E-state index in [4.69, 9.17) is 11.1 Å². The van der Waals surface area contributed by atoms with Gasteiger partial charge in [0.05, 0.1) is 0 Å². The SMILES string of the molecule is N=C(N)c1cc(Br)ccc1SC1CCCCC1. The van der Waals surface area contributed by atoms with Crippen LogP contribution in [0.1, 0.15) is 37.7 Å². The molecule has 1 aliphatic rings. The highest BCUT2D eigenvalue weighted by Crippen LogP contribution is 2.35. The maximum atomic E-state index is 7.63. The van der Waals surface area contributed by atoms with Crippen molar-refractivity contribution in [1.82, 2.24) is 0 Å². The number of nitrogens with one attached hydrogen (secondary N) is 1. The van der Waals surface area contributed by atoms with E-state index in [9.17, 15) is 0 Å². The van der Waals surface area contributed by atoms with E-state index in [1.807, 2.05) is 23.9 Å². The van der Waals surface area contributed by atoms with Crippen molar-refractivity contribution in [2.24, 2.45) is 5.73 Å². The van der Waals surface area contributed by atoms with Crippen LogP contribution < -0.4 is 5.73 Å². The van der Waals surface area contributed by atoms with E-state index < -0.39 is 0 Å². The zero-order valence-corrected chi connectivity index (χ0v) is 12.1. The van der Waals surface area contributed by atoms with Gasteiger partial charge in [-0.1, -0.05) is 35.2 Å². The minimum Gasteiger partial charge on any atom is -0.384 e. The predicted molar refractivity (Wildman–Crippen MR) is 77.9 cm³/mol. The molecule has 0 aliphatic heterocycles. The quantitative estimate of drug-likeness (QED) is 0.650. The van der Waals surface area contributed by atoms with E-state index in [-0.39, 0.29) is 5.84 Å². The first-order valence-electron chi connectivity index (χ1n) is 5.97. The Labute approximate surface area is 115 Å². The number of rotatable bonds is 3. The first kappa shape index (κ1) is 13.0. The molecule has 0 unspecified atom stereocenters. The zero-order chi connectivity index (χ0) is 12.3. The van der Waals surface area contributed by atoms with E-state index >= 15 is 0 Å². The second-order valence-electron chi connectivity index (χ2n) is 4.43. The molecule has 2 nitrogen and oxygen atoms in total. The summed E-state index contributed by atoms with van der Waals surface area (Å²) in [6, 6.07) is 6.03. The fraction of sp³-hybridized carbons (Fsp3) is 0.462. The van der Waals surface area contributed by atoms with Gasteiger partial charge in [-0.2, -0.15) is 0 Å². The van der Waals surface area contributed by atoms with Crippen LogP contribution in [0.15, 0.2) is 27.6 Å². The third-order valence-corrected chi connectivity index (χ3v) is 4.99. The molecule has 0 amide bonds. The van der Waals surface area contributed by atoms with Gasteiger partial charge in [0.15, 0.2) is 0 Å². The Morgan fingerprint density at radius 3 is 2.65 bits per heavy atom. The fourth-order valence-corrected chi connectivity index (χ4v) is 3.91. The van der Waals surface area contributed by atoms with Gasteiger partial charge in [0.25, 0.3) is 0 Å². The molecule has 1 fully saturated rings. The molecule has 0 radical (unpaired) electrons. The summed E-state index contributed by atoms with van der Waals surface area (Å²) in [6.45, 7) is 0. The second-order valence-corrected chi connectivity index (χ2v) is 6.69. The van der Waals surface area contributed by atoms with Gasteiger partial charge in [-0.25, -0.2) is 0 Å². The van der Waals surface area contributed by atoms with Gasteiger partial charge in [0.2, 0.25) is 0 Å². The molecule has 1 aromatic rings. The van der Waals surface area contributed by atoms with E-state index in [1.54, 1.807) is 0 Å². The molecule has 1 aliphatic carbocycles. The van der Waals surface area contributed by atoms with Gasteiger partial charge in [0, 0.05) is 20.2 Å². The first-order valence-corrected chi connectivity index (χ1v) is 7.64. The monoisotopic (exact) mass is 312 g/mol. The molecule has 1 saturated carbocycles. The van der Waals surface area contributed by atoms with E-state index in [2.05, 4.69) is 22.0 Å². The van der Waals surface area contributed by atoms with Crippen LogP contribution in [-0.4, -0.2) is 11.1 Å². The number of amidine groups is 1. The number of benzene rings is 1. The zero-order valence-electron chi connectivity index (χ0n) is 9.71. The molecule has 92 valence electrons. The molecule has 0 spiro atoms. The Morgan fingerprint density at radius 1 is 1.29 bits per heavy atom. The number of halogens is 1. The molecule has 2 rings (SSSR count). The predicted octanol–water partition coefficient (Wildman–Crippen LogP) is 4.16. The van der Waals surface area contributed by atoms with Crippen LogP contribution in [0.5, 0.6) is 0 Å². The van der Waals surface area contributed by atoms with Crippen molar-refractivity contribution in [2.45, 2.75) is 42.2 Å². The summed E-state index contributed by atoms with van der Waals surface area (Å²) in [7, 11) is 0. The number of thioether (sulfide) groups is 1. The summed E-state index contributed by atoms with van der Waals surface area (Å²) in [5.41, 5.74) is 6.49. The van der Waals surface area contributed by atoms with E-state index in [0.717, 1.165) is 14.9 Å². The molecule has 0 saturated heterocycles. The first-order chi connectivity index (χ1) is 8.16. The molecular weight excluding hydrogens is 296 g/mol. The van der Waals surface area contributed by atoms with Gasteiger partial charge >= 0.3 is 0 Å². The molecule has 0 atom stereocenters. The van der Waals surface area contributed by atoms with Crippen molar-refractivity contribution >= 4 is 33.5 Å². The van der Waals surface area contributed by atoms with Crippen LogP contribution in [0.4, 0.5) is 0 Å². The number of hydrogen-bond donors (Lipinski definition) is 2. The van der Waals surface area contributed by atoms with E-state index in [0.29, 0.717) is 5.25 Å². The third kappa shape index (κ3) is 3.49. The summed E-state index contributed by atoms with van der Waals surface area (Å²) in [5, 5.41) is 8.33. The molecular formula is C13H17BrN2S. The summed E-state index contributed by atoms with van der Waals surface area (Å²) >= 11 is 5.31. The average Bonchev–Trinajstić information content (AvgIpc) is 2.32. The fourth-order valence-electron chi connectivity index (χ4n) is 2.18. The Bertz CT molecular complexity index is 414. The smallest absolute Gasteiger partial charge is 0.123 e. The normalized spacial score (nSPS) is 17.0. The number of nitrogens with two attached hydrogens (primary N) is 1. The summed E-state index contributed by atoms with van der Waals surface area (Å²) in [4.78, 5) is 1.15. The Kier molecular flexibility index (Phi) is 4.51. The largest absolute Gasteiger partial charge is 0.384 e. The lowest BCUT2D eigenvalue weighted by atomic mass is 10.0. The van der Waals surface area contributed by atoms with Crippen molar-refractivity contribution in [1.29, 1.82) is 5.41 Å². The van der Waals surface area contributed by atoms with Gasteiger partial charge in [-0.3, -0.25) is 5.41 Å². The van der Waals surface area contributed by atoms with Gasteiger partial charge < -0.3 is 5.73 Å². The molecule has 0 aromatic heterocycles. The topological polar surface area (TPSA) is 49.9 Å². The van der Waals surface area contributed by atoms with Crippen molar-refractivity contribution < 1.29 is 0 Å². The molecule has 4 heteroatoms. The van der Waals surface area contributed by atoms with Gasteiger partial charge in [-0.05, 0) is 31.0 Å². The standard InChI is InChI=1S/C13H17BrN2S/c14-9-6-7-12(11(8-9)13(15)16)17-10-4-2-1-3-5-10/h6-8,10H,1-5H2,(H3,15,16).